The summed E-state index contributed by atoms with van der Waals surface area (Å²) in [5, 5.41) is 0.601. The summed E-state index contributed by atoms with van der Waals surface area (Å²) in [7, 11) is 3.08. The lowest BCUT2D eigenvalue weighted by Gasteiger charge is -2.12. The Morgan fingerprint density at radius 1 is 1.05 bits per heavy atom. The Labute approximate surface area is 137 Å². The third-order valence-corrected chi connectivity index (χ3v) is 4.01. The molecule has 2 aromatic rings. The number of benzene rings is 2. The Kier molecular flexibility index (Phi) is 4.91. The highest BCUT2D eigenvalue weighted by Gasteiger charge is 2.19. The smallest absolute Gasteiger partial charge is 0.197 e. The normalized spacial score (nSPS) is 10.3. The maximum atomic E-state index is 12.7. The number of rotatable bonds is 4. The van der Waals surface area contributed by atoms with Crippen LogP contribution in [0.4, 0.5) is 0 Å². The van der Waals surface area contributed by atoms with Crippen LogP contribution in [0.15, 0.2) is 34.8 Å². The van der Waals surface area contributed by atoms with E-state index < -0.39 is 0 Å². The van der Waals surface area contributed by atoms with E-state index in [4.69, 9.17) is 21.1 Å². The molecule has 0 bridgehead atoms. The van der Waals surface area contributed by atoms with E-state index in [-0.39, 0.29) is 5.78 Å². The van der Waals surface area contributed by atoms with Crippen LogP contribution in [0.25, 0.3) is 0 Å². The van der Waals surface area contributed by atoms with E-state index >= 15 is 0 Å². The van der Waals surface area contributed by atoms with Crippen molar-refractivity contribution in [2.45, 2.75) is 6.92 Å². The molecule has 0 aliphatic rings. The Morgan fingerprint density at radius 3 is 2.29 bits per heavy atom. The number of carbonyl (C=O) groups is 1. The van der Waals surface area contributed by atoms with Crippen LogP contribution in [0, 0.1) is 6.92 Å². The summed E-state index contributed by atoms with van der Waals surface area (Å²) in [6.07, 6.45) is 0. The van der Waals surface area contributed by atoms with Crippen LogP contribution in [0.2, 0.25) is 5.02 Å². The number of carbonyl (C=O) groups excluding carboxylic acids is 1. The van der Waals surface area contributed by atoms with E-state index in [9.17, 15) is 4.79 Å². The summed E-state index contributed by atoms with van der Waals surface area (Å²) in [5.74, 6) is 0.930. The van der Waals surface area contributed by atoms with Gasteiger partial charge in [0.05, 0.1) is 24.3 Å². The maximum Gasteiger partial charge on any atom is 0.197 e. The molecular formula is C16H14BrClO3. The molecule has 0 atom stereocenters. The topological polar surface area (TPSA) is 35.5 Å². The molecule has 2 aromatic carbocycles. The fourth-order valence-electron chi connectivity index (χ4n) is 2.06. The van der Waals surface area contributed by atoms with Crippen LogP contribution >= 0.6 is 27.5 Å². The summed E-state index contributed by atoms with van der Waals surface area (Å²) in [6, 6.07) is 8.56. The summed E-state index contributed by atoms with van der Waals surface area (Å²) in [4.78, 5) is 12.7. The minimum atomic E-state index is -0.133. The Balaban J connectivity index is 2.56. The second-order valence-corrected chi connectivity index (χ2v) is 5.77. The number of hydrogen-bond acceptors (Lipinski definition) is 3. The van der Waals surface area contributed by atoms with Crippen molar-refractivity contribution >= 4 is 33.3 Å². The van der Waals surface area contributed by atoms with Crippen molar-refractivity contribution in [2.75, 3.05) is 14.2 Å². The molecule has 0 aliphatic heterocycles. The number of methoxy groups -OCH3 is 2. The molecule has 2 rings (SSSR count). The molecule has 5 heteroatoms. The maximum absolute atomic E-state index is 12.7. The van der Waals surface area contributed by atoms with Gasteiger partial charge in [0.25, 0.3) is 0 Å². The zero-order valence-corrected chi connectivity index (χ0v) is 14.2. The van der Waals surface area contributed by atoms with E-state index in [0.717, 1.165) is 10.0 Å². The lowest BCUT2D eigenvalue weighted by Crippen LogP contribution is -2.06. The van der Waals surface area contributed by atoms with E-state index in [2.05, 4.69) is 15.9 Å². The third kappa shape index (κ3) is 3.22. The van der Waals surface area contributed by atoms with Crippen molar-refractivity contribution in [3.8, 4) is 11.5 Å². The first-order valence-electron chi connectivity index (χ1n) is 6.20. The van der Waals surface area contributed by atoms with Gasteiger partial charge in [0.15, 0.2) is 5.78 Å². The number of hydrogen-bond donors (Lipinski definition) is 0. The van der Waals surface area contributed by atoms with Crippen LogP contribution in [-0.4, -0.2) is 20.0 Å². The Morgan fingerprint density at radius 2 is 1.71 bits per heavy atom. The summed E-state index contributed by atoms with van der Waals surface area (Å²) < 4.78 is 11.3. The molecule has 3 nitrogen and oxygen atoms in total. The first kappa shape index (κ1) is 15.9. The van der Waals surface area contributed by atoms with Crippen molar-refractivity contribution in [1.29, 1.82) is 0 Å². The van der Waals surface area contributed by atoms with E-state index in [1.807, 2.05) is 6.92 Å². The summed E-state index contributed by atoms with van der Waals surface area (Å²) >= 11 is 9.31. The zero-order valence-electron chi connectivity index (χ0n) is 11.9. The number of aryl methyl sites for hydroxylation is 1. The Bertz CT molecular complexity index is 698. The first-order valence-corrected chi connectivity index (χ1v) is 7.37. The summed E-state index contributed by atoms with van der Waals surface area (Å²) in [6.45, 7) is 1.85. The van der Waals surface area contributed by atoms with Gasteiger partial charge in [0.2, 0.25) is 0 Å². The van der Waals surface area contributed by atoms with Gasteiger partial charge in [0.1, 0.15) is 11.5 Å². The molecule has 0 spiro atoms. The molecule has 0 saturated heterocycles. The van der Waals surface area contributed by atoms with E-state index in [1.54, 1.807) is 37.4 Å². The van der Waals surface area contributed by atoms with Crippen molar-refractivity contribution < 1.29 is 14.3 Å². The van der Waals surface area contributed by atoms with Crippen molar-refractivity contribution in [1.82, 2.24) is 0 Å². The highest BCUT2D eigenvalue weighted by Crippen LogP contribution is 2.34. The van der Waals surface area contributed by atoms with Gasteiger partial charge in [0, 0.05) is 10.6 Å². The highest BCUT2D eigenvalue weighted by molar-refractivity contribution is 9.10. The first-order chi connectivity index (χ1) is 9.97. The van der Waals surface area contributed by atoms with Crippen LogP contribution < -0.4 is 9.47 Å². The monoisotopic (exact) mass is 368 g/mol. The lowest BCUT2D eigenvalue weighted by atomic mass is 9.98. The van der Waals surface area contributed by atoms with Gasteiger partial charge in [-0.15, -0.1) is 0 Å². The predicted molar refractivity (Wildman–Crippen MR) is 86.9 cm³/mol. The number of ketones is 1. The average molecular weight is 370 g/mol. The number of halogens is 2. The van der Waals surface area contributed by atoms with Gasteiger partial charge in [-0.05, 0) is 58.7 Å². The molecule has 110 valence electrons. The molecule has 0 radical (unpaired) electrons. The van der Waals surface area contributed by atoms with Crippen LogP contribution in [0.1, 0.15) is 21.5 Å². The van der Waals surface area contributed by atoms with Gasteiger partial charge in [-0.2, -0.15) is 0 Å². The molecule has 0 fully saturated rings. The van der Waals surface area contributed by atoms with Crippen molar-refractivity contribution in [3.63, 3.8) is 0 Å². The molecule has 0 aliphatic carbocycles. The zero-order chi connectivity index (χ0) is 15.6. The second-order valence-electron chi connectivity index (χ2n) is 4.48. The number of ether oxygens (including phenoxy) is 2. The molecule has 0 saturated carbocycles. The van der Waals surface area contributed by atoms with Gasteiger partial charge < -0.3 is 9.47 Å². The average Bonchev–Trinajstić information content (AvgIpc) is 2.46. The third-order valence-electron chi connectivity index (χ3n) is 3.15. The van der Waals surface area contributed by atoms with E-state index in [0.29, 0.717) is 27.6 Å². The van der Waals surface area contributed by atoms with Gasteiger partial charge in [-0.3, -0.25) is 4.79 Å². The van der Waals surface area contributed by atoms with Crippen molar-refractivity contribution in [3.05, 3.63) is 56.5 Å². The predicted octanol–water partition coefficient (Wildman–Crippen LogP) is 4.66. The molecule has 0 aromatic heterocycles. The minimum absolute atomic E-state index is 0.133. The molecule has 21 heavy (non-hydrogen) atoms. The van der Waals surface area contributed by atoms with Gasteiger partial charge in [-0.25, -0.2) is 0 Å². The highest BCUT2D eigenvalue weighted by atomic mass is 79.9. The second kappa shape index (κ2) is 6.50. The Hall–Kier alpha value is -1.52. The van der Waals surface area contributed by atoms with Crippen LogP contribution in [0.3, 0.4) is 0 Å². The van der Waals surface area contributed by atoms with Crippen LogP contribution in [-0.2, 0) is 0 Å². The van der Waals surface area contributed by atoms with Crippen molar-refractivity contribution in [2.24, 2.45) is 0 Å². The molecule has 0 heterocycles. The van der Waals surface area contributed by atoms with E-state index in [1.165, 1.54) is 7.11 Å². The fraction of sp³-hybridized carbons (Fsp3) is 0.188. The summed E-state index contributed by atoms with van der Waals surface area (Å²) in [5.41, 5.74) is 1.85. The molecular weight excluding hydrogens is 356 g/mol. The van der Waals surface area contributed by atoms with Crippen LogP contribution in [0.5, 0.6) is 11.5 Å². The SMILES string of the molecule is COc1cc(C(=O)c2ccc(Cl)cc2C)c(OC)cc1Br. The lowest BCUT2D eigenvalue weighted by molar-refractivity contribution is 0.103. The van der Waals surface area contributed by atoms with Gasteiger partial charge in [-0.1, -0.05) is 11.6 Å². The van der Waals surface area contributed by atoms with Gasteiger partial charge >= 0.3 is 0 Å². The fourth-order valence-corrected chi connectivity index (χ4v) is 2.78. The quantitative estimate of drug-likeness (QED) is 0.735. The standard InChI is InChI=1S/C16H14BrClO3/c1-9-6-10(18)4-5-11(9)16(19)12-7-15(21-3)13(17)8-14(12)20-2/h4-8H,1-3H3. The molecule has 0 N–H and O–H groups in total. The largest absolute Gasteiger partial charge is 0.496 e. The molecule has 0 amide bonds. The molecule has 0 unspecified atom stereocenters. The minimum Gasteiger partial charge on any atom is -0.496 e.